The number of aliphatic carboxylic acids is 1. The van der Waals surface area contributed by atoms with Crippen molar-refractivity contribution in [2.45, 2.75) is 31.7 Å². The molecule has 1 unspecified atom stereocenters. The maximum Gasteiger partial charge on any atom is 0.416 e. The Hall–Kier alpha value is -4.07. The SMILES string of the molecule is Cl.O=C(O)Cc1c(Cc2ccccc2)n(C(NCc2cccc(C(F)(F)F)c2)c2ccccc2)c2ccccc12. The number of alkyl halides is 3. The Kier molecular flexibility index (Phi) is 8.97. The average Bonchev–Trinajstić information content (AvgIpc) is 3.22. The quantitative estimate of drug-likeness (QED) is 0.193. The summed E-state index contributed by atoms with van der Waals surface area (Å²) in [7, 11) is 0. The standard InChI is InChI=1S/C32H27F3N2O2.ClH/c33-32(34,35)25-15-9-12-23(18-25)21-36-31(24-13-5-2-6-14-24)37-28-17-8-7-16-26(28)27(20-30(38)39)29(37)19-22-10-3-1-4-11-22;/h1-18,31,36H,19-21H2,(H,38,39);1H. The summed E-state index contributed by atoms with van der Waals surface area (Å²) >= 11 is 0. The number of carboxylic acids is 1. The van der Waals surface area contributed by atoms with Crippen molar-refractivity contribution in [3.63, 3.8) is 0 Å². The highest BCUT2D eigenvalue weighted by Crippen LogP contribution is 2.34. The van der Waals surface area contributed by atoms with Crippen LogP contribution in [0.1, 0.15) is 39.7 Å². The molecule has 0 amide bonds. The summed E-state index contributed by atoms with van der Waals surface area (Å²) in [6.45, 7) is 0.176. The molecular formula is C32H28ClF3N2O2. The summed E-state index contributed by atoms with van der Waals surface area (Å²) in [5.74, 6) is -0.930. The topological polar surface area (TPSA) is 54.3 Å². The Bertz CT molecular complexity index is 1580. The van der Waals surface area contributed by atoms with E-state index in [0.717, 1.165) is 45.4 Å². The molecule has 5 rings (SSSR count). The molecule has 0 radical (unpaired) electrons. The highest BCUT2D eigenvalue weighted by atomic mass is 35.5. The highest BCUT2D eigenvalue weighted by Gasteiger charge is 2.30. The maximum atomic E-state index is 13.4. The van der Waals surface area contributed by atoms with Crippen LogP contribution in [-0.2, 0) is 30.4 Å². The van der Waals surface area contributed by atoms with Crippen molar-refractivity contribution in [2.75, 3.05) is 0 Å². The van der Waals surface area contributed by atoms with E-state index in [2.05, 4.69) is 9.88 Å². The lowest BCUT2D eigenvalue weighted by Crippen LogP contribution is -2.29. The van der Waals surface area contributed by atoms with Gasteiger partial charge in [0.1, 0.15) is 6.17 Å². The number of nitrogens with one attached hydrogen (secondary N) is 1. The molecule has 1 atom stereocenters. The number of hydrogen-bond acceptors (Lipinski definition) is 2. The number of rotatable bonds is 9. The molecule has 4 aromatic carbocycles. The van der Waals surface area contributed by atoms with Gasteiger partial charge in [0.25, 0.3) is 0 Å². The third kappa shape index (κ3) is 6.38. The van der Waals surface area contributed by atoms with Crippen LogP contribution in [0.25, 0.3) is 10.9 Å². The minimum atomic E-state index is -4.43. The van der Waals surface area contributed by atoms with Crippen molar-refractivity contribution in [3.8, 4) is 0 Å². The van der Waals surface area contributed by atoms with E-state index < -0.39 is 23.9 Å². The van der Waals surface area contributed by atoms with Gasteiger partial charge < -0.3 is 9.67 Å². The minimum absolute atomic E-state index is 0. The van der Waals surface area contributed by atoms with Gasteiger partial charge in [-0.2, -0.15) is 13.2 Å². The molecule has 1 aromatic heterocycles. The van der Waals surface area contributed by atoms with Gasteiger partial charge in [-0.1, -0.05) is 97.1 Å². The van der Waals surface area contributed by atoms with Gasteiger partial charge in [0.2, 0.25) is 0 Å². The van der Waals surface area contributed by atoms with Gasteiger partial charge in [-0.25, -0.2) is 0 Å². The number of hydrogen-bond donors (Lipinski definition) is 2. The number of carboxylic acid groups (broad SMARTS) is 1. The van der Waals surface area contributed by atoms with Crippen molar-refractivity contribution in [1.82, 2.24) is 9.88 Å². The number of aromatic nitrogens is 1. The van der Waals surface area contributed by atoms with Crippen LogP contribution in [0.15, 0.2) is 109 Å². The first kappa shape index (κ1) is 28.9. The van der Waals surface area contributed by atoms with E-state index >= 15 is 0 Å². The number of benzene rings is 4. The fourth-order valence-electron chi connectivity index (χ4n) is 5.08. The summed E-state index contributed by atoms with van der Waals surface area (Å²) in [4.78, 5) is 12.0. The van der Waals surface area contributed by atoms with Gasteiger partial charge in [-0.3, -0.25) is 10.1 Å². The van der Waals surface area contributed by atoms with Crippen LogP contribution < -0.4 is 5.32 Å². The zero-order chi connectivity index (χ0) is 27.4. The first-order valence-electron chi connectivity index (χ1n) is 12.6. The fourth-order valence-corrected chi connectivity index (χ4v) is 5.08. The second-order valence-corrected chi connectivity index (χ2v) is 9.44. The van der Waals surface area contributed by atoms with E-state index in [0.29, 0.717) is 12.0 Å². The third-order valence-electron chi connectivity index (χ3n) is 6.80. The van der Waals surface area contributed by atoms with Gasteiger partial charge in [-0.15, -0.1) is 12.4 Å². The second kappa shape index (κ2) is 12.4. The van der Waals surface area contributed by atoms with Crippen LogP contribution >= 0.6 is 12.4 Å². The van der Waals surface area contributed by atoms with Crippen molar-refractivity contribution in [1.29, 1.82) is 0 Å². The number of carbonyl (C=O) groups is 1. The predicted octanol–water partition coefficient (Wildman–Crippen LogP) is 7.64. The monoisotopic (exact) mass is 564 g/mol. The maximum absolute atomic E-state index is 13.4. The smallest absolute Gasteiger partial charge is 0.416 e. The number of fused-ring (bicyclic) bond motifs is 1. The predicted molar refractivity (Wildman–Crippen MR) is 153 cm³/mol. The molecule has 0 fully saturated rings. The number of nitrogens with zero attached hydrogens (tertiary/aromatic N) is 1. The number of para-hydroxylation sites is 1. The lowest BCUT2D eigenvalue weighted by atomic mass is 10.0. The van der Waals surface area contributed by atoms with Crippen molar-refractivity contribution in [3.05, 3.63) is 143 Å². The van der Waals surface area contributed by atoms with Gasteiger partial charge in [0, 0.05) is 24.0 Å². The molecule has 4 nitrogen and oxygen atoms in total. The van der Waals surface area contributed by atoms with Gasteiger partial charge in [0.05, 0.1) is 17.5 Å². The Balaban J connectivity index is 0.00000370. The van der Waals surface area contributed by atoms with Crippen molar-refractivity contribution >= 4 is 29.3 Å². The van der Waals surface area contributed by atoms with Crippen LogP contribution in [0.5, 0.6) is 0 Å². The van der Waals surface area contributed by atoms with Crippen molar-refractivity contribution < 1.29 is 23.1 Å². The van der Waals surface area contributed by atoms with E-state index in [-0.39, 0.29) is 25.4 Å². The molecule has 2 N–H and O–H groups in total. The molecule has 0 saturated heterocycles. The molecule has 0 aliphatic rings. The molecule has 0 spiro atoms. The zero-order valence-electron chi connectivity index (χ0n) is 21.4. The third-order valence-corrected chi connectivity index (χ3v) is 6.80. The van der Waals surface area contributed by atoms with E-state index in [9.17, 15) is 23.1 Å². The van der Waals surface area contributed by atoms with Gasteiger partial charge in [0.15, 0.2) is 0 Å². The Labute approximate surface area is 236 Å². The molecule has 40 heavy (non-hydrogen) atoms. The fraction of sp³-hybridized carbons (Fsp3) is 0.156. The summed E-state index contributed by atoms with van der Waals surface area (Å²) < 4.78 is 42.2. The zero-order valence-corrected chi connectivity index (χ0v) is 22.3. The molecule has 5 aromatic rings. The molecule has 0 aliphatic heterocycles. The Morgan fingerprint density at radius 1 is 0.825 bits per heavy atom. The van der Waals surface area contributed by atoms with Gasteiger partial charge >= 0.3 is 12.1 Å². The molecule has 0 bridgehead atoms. The average molecular weight is 565 g/mol. The largest absolute Gasteiger partial charge is 0.481 e. The van der Waals surface area contributed by atoms with E-state index in [1.54, 1.807) is 6.07 Å². The summed E-state index contributed by atoms with van der Waals surface area (Å²) in [5.41, 5.74) is 4.15. The summed E-state index contributed by atoms with van der Waals surface area (Å²) in [6.07, 6.45) is -4.55. The number of halogens is 4. The normalized spacial score (nSPS) is 12.2. The van der Waals surface area contributed by atoms with Crippen molar-refractivity contribution in [2.24, 2.45) is 0 Å². The highest BCUT2D eigenvalue weighted by molar-refractivity contribution is 5.89. The van der Waals surface area contributed by atoms with E-state index in [4.69, 9.17) is 0 Å². The first-order chi connectivity index (χ1) is 18.8. The van der Waals surface area contributed by atoms with Crippen LogP contribution in [0.4, 0.5) is 13.2 Å². The lowest BCUT2D eigenvalue weighted by Gasteiger charge is -2.26. The minimum Gasteiger partial charge on any atom is -0.481 e. The van der Waals surface area contributed by atoms with Gasteiger partial charge in [-0.05, 0) is 34.4 Å². The van der Waals surface area contributed by atoms with Crippen LogP contribution in [-0.4, -0.2) is 15.6 Å². The molecule has 8 heteroatoms. The summed E-state index contributed by atoms with van der Waals surface area (Å²) in [5, 5.41) is 14.1. The molecule has 0 saturated carbocycles. The molecular weight excluding hydrogens is 537 g/mol. The van der Waals surface area contributed by atoms with E-state index in [1.807, 2.05) is 84.9 Å². The first-order valence-corrected chi connectivity index (χ1v) is 12.6. The molecule has 0 aliphatic carbocycles. The second-order valence-electron chi connectivity index (χ2n) is 9.44. The van der Waals surface area contributed by atoms with Crippen LogP contribution in [0.3, 0.4) is 0 Å². The Morgan fingerprint density at radius 2 is 1.45 bits per heavy atom. The van der Waals surface area contributed by atoms with Crippen LogP contribution in [0, 0.1) is 0 Å². The Morgan fingerprint density at radius 3 is 2.12 bits per heavy atom. The molecule has 1 heterocycles. The lowest BCUT2D eigenvalue weighted by molar-refractivity contribution is -0.138. The molecule has 206 valence electrons. The van der Waals surface area contributed by atoms with E-state index in [1.165, 1.54) is 6.07 Å². The van der Waals surface area contributed by atoms with Crippen LogP contribution in [0.2, 0.25) is 0 Å². The summed E-state index contributed by atoms with van der Waals surface area (Å²) in [6, 6.07) is 32.4.